The number of aliphatic hydroxyl groups is 2. The average Bonchev–Trinajstić information content (AvgIpc) is 3.01. The molecule has 0 radical (unpaired) electrons. The standard InChI is InChI=1S/C23H28N6O3/c1-4-32-12-20-28-21-19(29(20)13-23(2,3)31)7-17-18(27-22(21)24)6-16(10-26-17)15-5-14(11-30)8-25-9-15/h5-10,17,30-31H,4,11-13,24H2,1-3H3. The lowest BCUT2D eigenvalue weighted by atomic mass is 10.00. The van der Waals surface area contributed by atoms with Crippen LogP contribution < -0.4 is 16.4 Å². The second kappa shape index (κ2) is 8.78. The van der Waals surface area contributed by atoms with Crippen molar-refractivity contribution in [3.63, 3.8) is 0 Å². The van der Waals surface area contributed by atoms with Gasteiger partial charge >= 0.3 is 0 Å². The van der Waals surface area contributed by atoms with E-state index in [1.807, 2.05) is 29.7 Å². The van der Waals surface area contributed by atoms with Crippen LogP contribution in [0.25, 0.3) is 17.5 Å². The zero-order chi connectivity index (χ0) is 22.9. The van der Waals surface area contributed by atoms with Crippen LogP contribution in [-0.2, 0) is 24.5 Å². The number of nitrogens with zero attached hydrogens (tertiary/aromatic N) is 5. The van der Waals surface area contributed by atoms with Crippen LogP contribution >= 0.6 is 0 Å². The van der Waals surface area contributed by atoms with Gasteiger partial charge in [0.15, 0.2) is 5.82 Å². The molecule has 2 aliphatic rings. The van der Waals surface area contributed by atoms with Gasteiger partial charge < -0.3 is 25.3 Å². The van der Waals surface area contributed by atoms with Crippen molar-refractivity contribution < 1.29 is 14.9 Å². The highest BCUT2D eigenvalue weighted by molar-refractivity contribution is 6.23. The molecule has 1 unspecified atom stereocenters. The third-order valence-corrected chi connectivity index (χ3v) is 5.17. The molecule has 2 aromatic heterocycles. The van der Waals surface area contributed by atoms with Crippen LogP contribution in [0.2, 0.25) is 0 Å². The number of dihydropyridines is 1. The van der Waals surface area contributed by atoms with Gasteiger partial charge in [-0.3, -0.25) is 9.98 Å². The van der Waals surface area contributed by atoms with Gasteiger partial charge in [-0.05, 0) is 44.6 Å². The molecule has 0 bridgehead atoms. The first kappa shape index (κ1) is 22.1. The van der Waals surface area contributed by atoms with Crippen LogP contribution in [-0.4, -0.2) is 54.9 Å². The Labute approximate surface area is 186 Å². The smallest absolute Gasteiger partial charge is 0.151 e. The predicted octanol–water partition coefficient (Wildman–Crippen LogP) is -0.126. The molecule has 2 aromatic rings. The van der Waals surface area contributed by atoms with Crippen LogP contribution in [0.15, 0.2) is 34.5 Å². The van der Waals surface area contributed by atoms with Crippen molar-refractivity contribution in [1.82, 2.24) is 14.5 Å². The summed E-state index contributed by atoms with van der Waals surface area (Å²) in [5, 5.41) is 21.2. The summed E-state index contributed by atoms with van der Waals surface area (Å²) in [7, 11) is 0. The Balaban J connectivity index is 1.81. The van der Waals surface area contributed by atoms with E-state index in [9.17, 15) is 10.2 Å². The summed E-state index contributed by atoms with van der Waals surface area (Å²) in [5.74, 6) is 0.968. The Morgan fingerprint density at radius 1 is 1.28 bits per heavy atom. The van der Waals surface area contributed by atoms with Crippen molar-refractivity contribution in [1.29, 1.82) is 0 Å². The Hall–Kier alpha value is -3.14. The van der Waals surface area contributed by atoms with Gasteiger partial charge in [0.2, 0.25) is 0 Å². The summed E-state index contributed by atoms with van der Waals surface area (Å²) >= 11 is 0. The van der Waals surface area contributed by atoms with Crippen molar-refractivity contribution in [2.75, 3.05) is 6.61 Å². The number of allylic oxidation sites excluding steroid dienone is 1. The summed E-state index contributed by atoms with van der Waals surface area (Å²) in [5.41, 5.74) is 8.49. The molecule has 2 aliphatic heterocycles. The molecule has 32 heavy (non-hydrogen) atoms. The van der Waals surface area contributed by atoms with Gasteiger partial charge in [-0.2, -0.15) is 0 Å². The lowest BCUT2D eigenvalue weighted by molar-refractivity contribution is 0.0560. The topological polar surface area (TPSA) is 131 Å². The first-order valence-electron chi connectivity index (χ1n) is 10.5. The van der Waals surface area contributed by atoms with Gasteiger partial charge in [-0.15, -0.1) is 0 Å². The number of hydrogen-bond donors (Lipinski definition) is 3. The molecule has 0 aliphatic carbocycles. The van der Waals surface area contributed by atoms with Gasteiger partial charge in [-0.25, -0.2) is 9.98 Å². The van der Waals surface area contributed by atoms with Gasteiger partial charge in [-0.1, -0.05) is 0 Å². The minimum absolute atomic E-state index is 0.0842. The fourth-order valence-electron chi connectivity index (χ4n) is 3.71. The predicted molar refractivity (Wildman–Crippen MR) is 123 cm³/mol. The number of aromatic nitrogens is 3. The minimum atomic E-state index is -0.957. The van der Waals surface area contributed by atoms with E-state index in [1.165, 1.54) is 0 Å². The van der Waals surface area contributed by atoms with Crippen LogP contribution in [0, 0.1) is 0 Å². The SMILES string of the molecule is CCOCc1nc2c(n1CC(C)(C)O)=CC1N=CC(c3cncc(CO)c3)=CC1=NC=2N. The minimum Gasteiger partial charge on any atom is -0.392 e. The molecule has 0 spiro atoms. The molecule has 0 fully saturated rings. The van der Waals surface area contributed by atoms with E-state index in [0.717, 1.165) is 22.0 Å². The van der Waals surface area contributed by atoms with E-state index in [1.54, 1.807) is 32.5 Å². The number of rotatable bonds is 7. The summed E-state index contributed by atoms with van der Waals surface area (Å²) in [6.07, 6.45) is 9.01. The van der Waals surface area contributed by atoms with E-state index >= 15 is 0 Å². The normalized spacial score (nSPS) is 17.8. The number of aliphatic hydroxyl groups excluding tert-OH is 1. The van der Waals surface area contributed by atoms with E-state index < -0.39 is 5.60 Å². The zero-order valence-electron chi connectivity index (χ0n) is 18.5. The number of nitrogens with two attached hydrogens (primary N) is 1. The average molecular weight is 437 g/mol. The third-order valence-electron chi connectivity index (χ3n) is 5.17. The second-order valence-electron chi connectivity index (χ2n) is 8.45. The van der Waals surface area contributed by atoms with E-state index in [-0.39, 0.29) is 18.5 Å². The molecule has 9 heteroatoms. The number of pyridine rings is 1. The number of imidazole rings is 1. The van der Waals surface area contributed by atoms with Gasteiger partial charge in [0.1, 0.15) is 23.8 Å². The Morgan fingerprint density at radius 2 is 2.09 bits per heavy atom. The van der Waals surface area contributed by atoms with E-state index in [2.05, 4.69) is 15.0 Å². The van der Waals surface area contributed by atoms with E-state index in [4.69, 9.17) is 15.5 Å². The number of aliphatic imine (C=N–C) groups is 2. The molecular weight excluding hydrogens is 408 g/mol. The van der Waals surface area contributed by atoms with Crippen LogP contribution in [0.4, 0.5) is 0 Å². The van der Waals surface area contributed by atoms with Crippen LogP contribution in [0.3, 0.4) is 0 Å². The molecule has 0 saturated carbocycles. The summed E-state index contributed by atoms with van der Waals surface area (Å²) in [6, 6.07) is 1.53. The quantitative estimate of drug-likeness (QED) is 0.554. The van der Waals surface area contributed by atoms with Crippen LogP contribution in [0.1, 0.15) is 37.7 Å². The molecule has 0 amide bonds. The van der Waals surface area contributed by atoms with Crippen molar-refractivity contribution >= 4 is 29.4 Å². The van der Waals surface area contributed by atoms with Gasteiger partial charge in [0, 0.05) is 36.4 Å². The Morgan fingerprint density at radius 3 is 2.81 bits per heavy atom. The lowest BCUT2D eigenvalue weighted by Crippen LogP contribution is -2.39. The lowest BCUT2D eigenvalue weighted by Gasteiger charge is -2.20. The second-order valence-corrected chi connectivity index (χ2v) is 8.45. The highest BCUT2D eigenvalue weighted by Crippen LogP contribution is 2.20. The fraction of sp³-hybridized carbons (Fsp3) is 0.391. The molecule has 168 valence electrons. The van der Waals surface area contributed by atoms with Crippen molar-refractivity contribution in [3.8, 4) is 0 Å². The molecule has 0 saturated heterocycles. The monoisotopic (exact) mass is 436 g/mol. The molecular formula is C23H28N6O3. The molecule has 4 heterocycles. The maximum absolute atomic E-state index is 10.5. The molecule has 1 atom stereocenters. The van der Waals surface area contributed by atoms with Crippen molar-refractivity contribution in [2.24, 2.45) is 15.7 Å². The number of hydrogen-bond acceptors (Lipinski definition) is 8. The number of ether oxygens (including phenoxy) is 1. The molecule has 4 rings (SSSR count). The first-order valence-corrected chi connectivity index (χ1v) is 10.5. The molecule has 4 N–H and O–H groups in total. The number of fused-ring (bicyclic) bond motifs is 2. The Bertz CT molecular complexity index is 1230. The van der Waals surface area contributed by atoms with E-state index in [0.29, 0.717) is 36.6 Å². The summed E-state index contributed by atoms with van der Waals surface area (Å²) in [4.78, 5) is 18.2. The highest BCUT2D eigenvalue weighted by atomic mass is 16.5. The van der Waals surface area contributed by atoms with Crippen LogP contribution in [0.5, 0.6) is 0 Å². The third kappa shape index (κ3) is 4.55. The van der Waals surface area contributed by atoms with Gasteiger partial charge in [0.05, 0.1) is 29.8 Å². The Kier molecular flexibility index (Phi) is 6.05. The maximum Gasteiger partial charge on any atom is 0.151 e. The maximum atomic E-state index is 10.5. The van der Waals surface area contributed by atoms with Crippen molar-refractivity contribution in [3.05, 3.63) is 52.2 Å². The summed E-state index contributed by atoms with van der Waals surface area (Å²) in [6.45, 7) is 6.52. The van der Waals surface area contributed by atoms with Gasteiger partial charge in [0.25, 0.3) is 0 Å². The molecule has 9 nitrogen and oxygen atoms in total. The zero-order valence-corrected chi connectivity index (χ0v) is 18.5. The first-order chi connectivity index (χ1) is 15.3. The summed E-state index contributed by atoms with van der Waals surface area (Å²) < 4.78 is 7.51. The van der Waals surface area contributed by atoms with Crippen molar-refractivity contribution in [2.45, 2.75) is 52.2 Å². The highest BCUT2D eigenvalue weighted by Gasteiger charge is 2.24. The fourth-order valence-corrected chi connectivity index (χ4v) is 3.71. The molecule has 0 aromatic carbocycles. The largest absolute Gasteiger partial charge is 0.392 e.